The summed E-state index contributed by atoms with van der Waals surface area (Å²) >= 11 is 5.97. The first-order valence-electron chi connectivity index (χ1n) is 11.1. The Morgan fingerprint density at radius 3 is 2.57 bits per heavy atom. The van der Waals surface area contributed by atoms with E-state index in [1.165, 1.54) is 10.9 Å². The normalized spacial score (nSPS) is 11.9. The Kier molecular flexibility index (Phi) is 7.36. The number of carbonyl (C=O) groups is 1. The molecule has 9 nitrogen and oxygen atoms in total. The number of fused-ring (bicyclic) bond motifs is 1. The summed E-state index contributed by atoms with van der Waals surface area (Å²) in [7, 11) is 3.15. The quantitative estimate of drug-likeness (QED) is 0.372. The van der Waals surface area contributed by atoms with Crippen molar-refractivity contribution in [3.05, 3.63) is 69.7 Å². The first-order valence-corrected chi connectivity index (χ1v) is 11.5. The molecule has 1 amide bonds. The van der Waals surface area contributed by atoms with Gasteiger partial charge in [0.05, 0.1) is 14.2 Å². The second kappa shape index (κ2) is 10.6. The summed E-state index contributed by atoms with van der Waals surface area (Å²) in [6.07, 6.45) is 2.31. The third kappa shape index (κ3) is 5.00. The molecule has 10 heteroatoms. The molecule has 0 saturated carbocycles. The van der Waals surface area contributed by atoms with E-state index in [1.54, 1.807) is 38.5 Å². The van der Waals surface area contributed by atoms with Crippen molar-refractivity contribution in [2.45, 2.75) is 25.8 Å². The second-order valence-electron chi connectivity index (χ2n) is 7.83. The van der Waals surface area contributed by atoms with Gasteiger partial charge in [0.15, 0.2) is 11.5 Å². The molecule has 4 rings (SSSR count). The molecule has 1 unspecified atom stereocenters. The number of amides is 1. The molecule has 0 aliphatic rings. The van der Waals surface area contributed by atoms with Crippen molar-refractivity contribution in [3.63, 3.8) is 0 Å². The Labute approximate surface area is 206 Å². The molecule has 0 bridgehead atoms. The highest BCUT2D eigenvalue weighted by Crippen LogP contribution is 2.28. The van der Waals surface area contributed by atoms with Gasteiger partial charge in [0, 0.05) is 17.1 Å². The molecule has 2 aromatic heterocycles. The fourth-order valence-corrected chi connectivity index (χ4v) is 4.00. The van der Waals surface area contributed by atoms with Crippen LogP contribution in [0.3, 0.4) is 0 Å². The monoisotopic (exact) mass is 496 g/mol. The molecule has 0 aliphatic heterocycles. The first kappa shape index (κ1) is 24.3. The van der Waals surface area contributed by atoms with Crippen LogP contribution in [0.1, 0.15) is 24.9 Å². The number of aromatic nitrogens is 3. The lowest BCUT2D eigenvalue weighted by Crippen LogP contribution is -2.38. The third-order valence-electron chi connectivity index (χ3n) is 5.73. The molecule has 0 saturated heterocycles. The van der Waals surface area contributed by atoms with Gasteiger partial charge in [0.1, 0.15) is 23.4 Å². The lowest BCUT2D eigenvalue weighted by molar-refractivity contribution is -0.124. The van der Waals surface area contributed by atoms with E-state index in [0.717, 1.165) is 5.56 Å². The van der Waals surface area contributed by atoms with Gasteiger partial charge in [-0.1, -0.05) is 41.9 Å². The van der Waals surface area contributed by atoms with E-state index in [9.17, 15) is 9.59 Å². The minimum Gasteiger partial charge on any atom is -0.493 e. The molecule has 0 radical (unpaired) electrons. The molecule has 0 fully saturated rings. The standard InChI is InChI=1S/C25H25ClN4O5/c1-4-18(23(31)27-12-11-15-5-10-19(33-2)20(13-15)34-3)30-14-28-24-21(25(30)32)22(29-35-24)16-6-8-17(26)9-7-16/h5-10,13-14,18H,4,11-12H2,1-3H3,(H,27,31). The highest BCUT2D eigenvalue weighted by molar-refractivity contribution is 6.30. The Bertz CT molecular complexity index is 1400. The number of nitrogens with zero attached hydrogens (tertiary/aromatic N) is 3. The van der Waals surface area contributed by atoms with Crippen molar-refractivity contribution in [1.82, 2.24) is 20.0 Å². The molecule has 2 aromatic carbocycles. The lowest BCUT2D eigenvalue weighted by atomic mass is 10.1. The van der Waals surface area contributed by atoms with Crippen LogP contribution in [0.4, 0.5) is 0 Å². The molecule has 0 aliphatic carbocycles. The van der Waals surface area contributed by atoms with Crippen LogP contribution in [0, 0.1) is 0 Å². The van der Waals surface area contributed by atoms with Crippen LogP contribution in [0.15, 0.2) is 58.1 Å². The van der Waals surface area contributed by atoms with Gasteiger partial charge in [0.2, 0.25) is 5.91 Å². The number of ether oxygens (including phenoxy) is 2. The molecule has 2 heterocycles. The van der Waals surface area contributed by atoms with E-state index < -0.39 is 11.6 Å². The zero-order valence-electron chi connectivity index (χ0n) is 19.6. The lowest BCUT2D eigenvalue weighted by Gasteiger charge is -2.17. The average molecular weight is 497 g/mol. The van der Waals surface area contributed by atoms with Crippen LogP contribution >= 0.6 is 11.6 Å². The van der Waals surface area contributed by atoms with Gasteiger partial charge in [-0.2, -0.15) is 0 Å². The van der Waals surface area contributed by atoms with Crippen molar-refractivity contribution in [2.24, 2.45) is 0 Å². The number of nitrogens with one attached hydrogen (secondary N) is 1. The molecule has 182 valence electrons. The van der Waals surface area contributed by atoms with E-state index in [0.29, 0.717) is 47.2 Å². The Hall–Kier alpha value is -3.85. The maximum Gasteiger partial charge on any atom is 0.267 e. The van der Waals surface area contributed by atoms with Crippen LogP contribution in [0.5, 0.6) is 11.5 Å². The zero-order valence-corrected chi connectivity index (χ0v) is 20.3. The Morgan fingerprint density at radius 1 is 1.14 bits per heavy atom. The van der Waals surface area contributed by atoms with Gasteiger partial charge in [0.25, 0.3) is 11.3 Å². The molecule has 1 atom stereocenters. The van der Waals surface area contributed by atoms with Gasteiger partial charge in [-0.05, 0) is 42.7 Å². The number of halogens is 1. The molecule has 4 aromatic rings. The van der Waals surface area contributed by atoms with E-state index in [4.69, 9.17) is 25.6 Å². The van der Waals surface area contributed by atoms with E-state index in [-0.39, 0.29) is 17.0 Å². The number of rotatable bonds is 9. The molecule has 0 spiro atoms. The second-order valence-corrected chi connectivity index (χ2v) is 8.27. The van der Waals surface area contributed by atoms with Crippen molar-refractivity contribution >= 4 is 28.6 Å². The van der Waals surface area contributed by atoms with Crippen LogP contribution in [-0.4, -0.2) is 41.4 Å². The first-order chi connectivity index (χ1) is 17.0. The zero-order chi connectivity index (χ0) is 24.9. The summed E-state index contributed by atoms with van der Waals surface area (Å²) in [5.41, 5.74) is 1.71. The predicted octanol–water partition coefficient (Wildman–Crippen LogP) is 4.03. The minimum atomic E-state index is -0.738. The largest absolute Gasteiger partial charge is 0.493 e. The maximum absolute atomic E-state index is 13.4. The van der Waals surface area contributed by atoms with Gasteiger partial charge in [-0.3, -0.25) is 14.2 Å². The molecule has 35 heavy (non-hydrogen) atoms. The van der Waals surface area contributed by atoms with Gasteiger partial charge in [-0.15, -0.1) is 0 Å². The topological polar surface area (TPSA) is 108 Å². The van der Waals surface area contributed by atoms with E-state index in [2.05, 4.69) is 15.5 Å². The molecule has 1 N–H and O–H groups in total. The van der Waals surface area contributed by atoms with Crippen LogP contribution < -0.4 is 20.3 Å². The number of methoxy groups -OCH3 is 2. The third-order valence-corrected chi connectivity index (χ3v) is 5.98. The predicted molar refractivity (Wildman–Crippen MR) is 132 cm³/mol. The summed E-state index contributed by atoms with van der Waals surface area (Å²) in [6.45, 7) is 2.22. The summed E-state index contributed by atoms with van der Waals surface area (Å²) in [5.74, 6) is 0.986. The molecular formula is C25H25ClN4O5. The van der Waals surface area contributed by atoms with Crippen LogP contribution in [0.2, 0.25) is 5.02 Å². The maximum atomic E-state index is 13.4. The highest BCUT2D eigenvalue weighted by Gasteiger charge is 2.24. The van der Waals surface area contributed by atoms with Crippen molar-refractivity contribution < 1.29 is 18.8 Å². The number of hydrogen-bond donors (Lipinski definition) is 1. The SMILES string of the molecule is CCC(C(=O)NCCc1ccc(OC)c(OC)c1)n1cnc2onc(-c3ccc(Cl)cc3)c2c1=O. The van der Waals surface area contributed by atoms with Gasteiger partial charge < -0.3 is 19.3 Å². The number of benzene rings is 2. The Morgan fingerprint density at radius 2 is 1.89 bits per heavy atom. The van der Waals surface area contributed by atoms with E-state index >= 15 is 0 Å². The fourth-order valence-electron chi connectivity index (χ4n) is 3.88. The summed E-state index contributed by atoms with van der Waals surface area (Å²) in [6, 6.07) is 11.8. The van der Waals surface area contributed by atoms with Gasteiger partial charge in [-0.25, -0.2) is 4.98 Å². The van der Waals surface area contributed by atoms with Gasteiger partial charge >= 0.3 is 0 Å². The van der Waals surface area contributed by atoms with Crippen LogP contribution in [-0.2, 0) is 11.2 Å². The number of carbonyl (C=O) groups excluding carboxylic acids is 1. The highest BCUT2D eigenvalue weighted by atomic mass is 35.5. The fraction of sp³-hybridized carbons (Fsp3) is 0.280. The summed E-state index contributed by atoms with van der Waals surface area (Å²) in [5, 5.41) is 7.72. The molecular weight excluding hydrogens is 472 g/mol. The van der Waals surface area contributed by atoms with Crippen molar-refractivity contribution in [3.8, 4) is 22.8 Å². The van der Waals surface area contributed by atoms with Crippen molar-refractivity contribution in [1.29, 1.82) is 0 Å². The smallest absolute Gasteiger partial charge is 0.267 e. The van der Waals surface area contributed by atoms with Crippen LogP contribution in [0.25, 0.3) is 22.4 Å². The van der Waals surface area contributed by atoms with E-state index in [1.807, 2.05) is 25.1 Å². The minimum absolute atomic E-state index is 0.111. The van der Waals surface area contributed by atoms with Crippen molar-refractivity contribution in [2.75, 3.05) is 20.8 Å². The number of hydrogen-bond acceptors (Lipinski definition) is 7. The average Bonchev–Trinajstić information content (AvgIpc) is 3.31. The summed E-state index contributed by atoms with van der Waals surface area (Å²) in [4.78, 5) is 30.6. The summed E-state index contributed by atoms with van der Waals surface area (Å²) < 4.78 is 17.2. The Balaban J connectivity index is 1.53.